The quantitative estimate of drug-likeness (QED) is 0.762. The first-order valence-corrected chi connectivity index (χ1v) is 4.81. The van der Waals surface area contributed by atoms with Gasteiger partial charge in [0, 0.05) is 51.6 Å². The molecule has 1 aromatic carbocycles. The maximum atomic E-state index is 12.6. The Balaban J connectivity index is 0.00000112. The summed E-state index contributed by atoms with van der Waals surface area (Å²) in [6.07, 6.45) is 0. The molecule has 79 valence electrons. The molecule has 1 saturated heterocycles. The van der Waals surface area contributed by atoms with Gasteiger partial charge in [-0.2, -0.15) is 12.1 Å². The van der Waals surface area contributed by atoms with Crippen molar-refractivity contribution in [3.63, 3.8) is 0 Å². The van der Waals surface area contributed by atoms with Gasteiger partial charge in [0.25, 0.3) is 0 Å². The van der Waals surface area contributed by atoms with Crippen LogP contribution in [0.4, 0.5) is 4.39 Å². The first-order valence-electron chi connectivity index (χ1n) is 4.81. The minimum Gasteiger partial charge on any atom is -0.379 e. The van der Waals surface area contributed by atoms with Gasteiger partial charge in [-0.1, -0.05) is 0 Å². The molecule has 0 bridgehead atoms. The third-order valence-corrected chi connectivity index (χ3v) is 2.35. The topological polar surface area (TPSA) is 12.5 Å². The van der Waals surface area contributed by atoms with Gasteiger partial charge in [0.2, 0.25) is 0 Å². The van der Waals surface area contributed by atoms with Crippen molar-refractivity contribution in [2.45, 2.75) is 6.54 Å². The number of hydrogen-bond donors (Lipinski definition) is 0. The third-order valence-electron chi connectivity index (χ3n) is 2.35. The molecule has 1 radical (unpaired) electrons. The molecule has 4 heteroatoms. The Labute approximate surface area is 115 Å². The zero-order valence-corrected chi connectivity index (χ0v) is 11.4. The number of nitrogens with zero attached hydrogens (tertiary/aromatic N) is 1. The Morgan fingerprint density at radius 2 is 2.07 bits per heavy atom. The summed E-state index contributed by atoms with van der Waals surface area (Å²) in [5.74, 6) is -0.296. The van der Waals surface area contributed by atoms with Gasteiger partial charge in [0.05, 0.1) is 13.2 Å². The molecule has 2 nitrogen and oxygen atoms in total. The molecule has 2 rings (SSSR count). The molecule has 1 aliphatic heterocycles. The summed E-state index contributed by atoms with van der Waals surface area (Å²) in [6, 6.07) is 7.54. The van der Waals surface area contributed by atoms with Crippen molar-refractivity contribution in [1.82, 2.24) is 4.90 Å². The summed E-state index contributed by atoms with van der Waals surface area (Å²) in [4.78, 5) is 2.30. The van der Waals surface area contributed by atoms with E-state index in [-0.39, 0.29) is 38.5 Å². The first kappa shape index (κ1) is 13.2. The molecule has 1 heterocycles. The Hall–Kier alpha value is 0.174. The van der Waals surface area contributed by atoms with Crippen LogP contribution >= 0.6 is 0 Å². The molecule has 0 spiro atoms. The summed E-state index contributed by atoms with van der Waals surface area (Å²) < 4.78 is 17.8. The summed E-state index contributed by atoms with van der Waals surface area (Å²) in [7, 11) is 0. The number of halogens is 1. The predicted octanol–water partition coefficient (Wildman–Crippen LogP) is 1.46. The van der Waals surface area contributed by atoms with E-state index in [0.717, 1.165) is 38.4 Å². The van der Waals surface area contributed by atoms with Gasteiger partial charge in [-0.25, -0.2) is 4.39 Å². The summed E-state index contributed by atoms with van der Waals surface area (Å²) in [5, 5.41) is 0. The molecular weight excluding hydrogens is 270 g/mol. The van der Waals surface area contributed by atoms with Gasteiger partial charge in [-0.3, -0.25) is 0 Å². The maximum absolute atomic E-state index is 12.6. The Kier molecular flexibility index (Phi) is 5.91. The summed E-state index contributed by atoms with van der Waals surface area (Å²) in [6.45, 7) is 4.37. The van der Waals surface area contributed by atoms with E-state index < -0.39 is 0 Å². The smallest absolute Gasteiger partial charge is 0.0593 e. The van der Waals surface area contributed by atoms with Gasteiger partial charge in [-0.05, 0) is 6.54 Å². The molecule has 0 saturated carbocycles. The van der Waals surface area contributed by atoms with E-state index in [2.05, 4.69) is 11.0 Å². The first-order chi connectivity index (χ1) is 6.84. The molecule has 15 heavy (non-hydrogen) atoms. The number of morpholine rings is 1. The van der Waals surface area contributed by atoms with E-state index in [9.17, 15) is 4.39 Å². The van der Waals surface area contributed by atoms with Crippen LogP contribution in [0.15, 0.2) is 18.2 Å². The molecule has 1 aromatic rings. The van der Waals surface area contributed by atoms with E-state index in [1.54, 1.807) is 12.1 Å². The van der Waals surface area contributed by atoms with Crippen LogP contribution in [0, 0.1) is 11.9 Å². The number of hydrogen-bond acceptors (Lipinski definition) is 2. The zero-order chi connectivity index (χ0) is 9.80. The Morgan fingerprint density at radius 3 is 2.67 bits per heavy atom. The standard InChI is InChI=1S/C11H13FNO.Y/c12-11-3-1-10(2-4-11)9-13-5-7-14-8-6-13;/h1-3H,5-9H2;/q-1;. The third kappa shape index (κ3) is 4.27. The van der Waals surface area contributed by atoms with Gasteiger partial charge in [-0.15, -0.1) is 17.7 Å². The number of benzene rings is 1. The molecule has 0 atom stereocenters. The van der Waals surface area contributed by atoms with Crippen molar-refractivity contribution in [2.24, 2.45) is 0 Å². The van der Waals surface area contributed by atoms with Crippen LogP contribution in [0.3, 0.4) is 0 Å². The molecule has 0 N–H and O–H groups in total. The average Bonchev–Trinajstić information content (AvgIpc) is 2.23. The van der Waals surface area contributed by atoms with E-state index in [4.69, 9.17) is 4.74 Å². The summed E-state index contributed by atoms with van der Waals surface area (Å²) >= 11 is 0. The Morgan fingerprint density at radius 1 is 1.33 bits per heavy atom. The fourth-order valence-electron chi connectivity index (χ4n) is 1.55. The largest absolute Gasteiger partial charge is 0.379 e. The van der Waals surface area contributed by atoms with Crippen LogP contribution in [0.2, 0.25) is 0 Å². The van der Waals surface area contributed by atoms with Crippen molar-refractivity contribution >= 4 is 0 Å². The molecule has 1 fully saturated rings. The number of rotatable bonds is 2. The zero-order valence-electron chi connectivity index (χ0n) is 8.58. The predicted molar refractivity (Wildman–Crippen MR) is 51.3 cm³/mol. The van der Waals surface area contributed by atoms with Crippen LogP contribution in [-0.4, -0.2) is 31.2 Å². The van der Waals surface area contributed by atoms with Crippen molar-refractivity contribution in [3.05, 3.63) is 35.6 Å². The molecule has 0 unspecified atom stereocenters. The van der Waals surface area contributed by atoms with Crippen molar-refractivity contribution in [2.75, 3.05) is 26.3 Å². The van der Waals surface area contributed by atoms with Crippen LogP contribution in [-0.2, 0) is 44.0 Å². The van der Waals surface area contributed by atoms with E-state index in [1.165, 1.54) is 6.07 Å². The van der Waals surface area contributed by atoms with Gasteiger partial charge >= 0.3 is 0 Å². The second-order valence-corrected chi connectivity index (χ2v) is 3.43. The van der Waals surface area contributed by atoms with E-state index in [1.807, 2.05) is 0 Å². The fourth-order valence-corrected chi connectivity index (χ4v) is 1.55. The van der Waals surface area contributed by atoms with Crippen LogP contribution in [0.1, 0.15) is 5.56 Å². The van der Waals surface area contributed by atoms with Crippen LogP contribution in [0.5, 0.6) is 0 Å². The van der Waals surface area contributed by atoms with Crippen molar-refractivity contribution < 1.29 is 41.8 Å². The normalized spacial score (nSPS) is 17.1. The second kappa shape index (κ2) is 6.69. The van der Waals surface area contributed by atoms with Gasteiger partial charge < -0.3 is 9.64 Å². The number of ether oxygens (including phenoxy) is 1. The molecule has 0 aliphatic carbocycles. The Bertz CT molecular complexity index is 285. The fraction of sp³-hybridized carbons (Fsp3) is 0.455. The average molecular weight is 283 g/mol. The molecular formula is C11H13FNOY-. The van der Waals surface area contributed by atoms with Crippen molar-refractivity contribution in [1.29, 1.82) is 0 Å². The van der Waals surface area contributed by atoms with Gasteiger partial charge in [0.1, 0.15) is 0 Å². The minimum absolute atomic E-state index is 0. The summed E-state index contributed by atoms with van der Waals surface area (Å²) in [5.41, 5.74) is 1.10. The van der Waals surface area contributed by atoms with Crippen LogP contribution in [0.25, 0.3) is 0 Å². The van der Waals surface area contributed by atoms with Gasteiger partial charge in [0.15, 0.2) is 0 Å². The van der Waals surface area contributed by atoms with Crippen LogP contribution < -0.4 is 0 Å². The molecule has 0 aromatic heterocycles. The minimum atomic E-state index is -0.296. The monoisotopic (exact) mass is 283 g/mol. The van der Waals surface area contributed by atoms with E-state index in [0.29, 0.717) is 0 Å². The SMILES string of the molecule is Fc1[c-]cc(CN2CCOCC2)cc1.[Y]. The second-order valence-electron chi connectivity index (χ2n) is 3.43. The van der Waals surface area contributed by atoms with E-state index >= 15 is 0 Å². The molecule has 0 amide bonds. The maximum Gasteiger partial charge on any atom is 0.0593 e. The molecule has 1 aliphatic rings. The van der Waals surface area contributed by atoms with Crippen molar-refractivity contribution in [3.8, 4) is 0 Å².